The Morgan fingerprint density at radius 2 is 1.68 bits per heavy atom. The highest BCUT2D eigenvalue weighted by atomic mass is 32.2. The van der Waals surface area contributed by atoms with E-state index in [1.54, 1.807) is 12.1 Å². The summed E-state index contributed by atoms with van der Waals surface area (Å²) in [6.07, 6.45) is 1.89. The Morgan fingerprint density at radius 1 is 0.975 bits per heavy atom. The first-order chi connectivity index (χ1) is 19.0. The van der Waals surface area contributed by atoms with E-state index in [4.69, 9.17) is 4.42 Å². The summed E-state index contributed by atoms with van der Waals surface area (Å²) in [5.74, 6) is -0.837. The van der Waals surface area contributed by atoms with Crippen LogP contribution in [0, 0.1) is 18.7 Å². The molecular weight excluding hydrogens is 531 g/mol. The molecular formula is C31H33FN2O5S. The molecule has 9 heteroatoms. The second kappa shape index (κ2) is 12.6. The number of hydrogen-bond acceptors (Lipinski definition) is 5. The van der Waals surface area contributed by atoms with Crippen molar-refractivity contribution in [3.63, 3.8) is 0 Å². The predicted octanol–water partition coefficient (Wildman–Crippen LogP) is 5.51. The summed E-state index contributed by atoms with van der Waals surface area (Å²) in [5.41, 5.74) is 2.22. The van der Waals surface area contributed by atoms with E-state index in [0.29, 0.717) is 17.4 Å². The van der Waals surface area contributed by atoms with E-state index in [-0.39, 0.29) is 41.4 Å². The van der Waals surface area contributed by atoms with Crippen LogP contribution in [-0.4, -0.2) is 36.6 Å². The van der Waals surface area contributed by atoms with Crippen molar-refractivity contribution < 1.29 is 22.0 Å². The molecule has 0 aliphatic rings. The molecule has 0 fully saturated rings. The Balaban J connectivity index is 1.68. The van der Waals surface area contributed by atoms with Crippen molar-refractivity contribution in [3.8, 4) is 0 Å². The number of benzene rings is 3. The summed E-state index contributed by atoms with van der Waals surface area (Å²) in [6.45, 7) is 5.59. The van der Waals surface area contributed by atoms with Crippen LogP contribution in [0.5, 0.6) is 0 Å². The van der Waals surface area contributed by atoms with Gasteiger partial charge in [0.1, 0.15) is 11.4 Å². The minimum atomic E-state index is -4.09. The number of hydrogen-bond donors (Lipinski definition) is 0. The smallest absolute Gasteiger partial charge is 0.243 e. The third kappa shape index (κ3) is 7.03. The normalized spacial score (nSPS) is 11.8. The quantitative estimate of drug-likeness (QED) is 0.240. The van der Waals surface area contributed by atoms with Crippen molar-refractivity contribution in [1.82, 2.24) is 9.21 Å². The van der Waals surface area contributed by atoms with Gasteiger partial charge in [-0.2, -0.15) is 4.31 Å². The largest absolute Gasteiger partial charge is 0.464 e. The molecule has 210 valence electrons. The monoisotopic (exact) mass is 564 g/mol. The van der Waals surface area contributed by atoms with Gasteiger partial charge in [0.15, 0.2) is 5.43 Å². The first-order valence-electron chi connectivity index (χ1n) is 13.1. The van der Waals surface area contributed by atoms with Gasteiger partial charge in [0.25, 0.3) is 0 Å². The molecule has 0 bridgehead atoms. The van der Waals surface area contributed by atoms with Crippen LogP contribution in [-0.2, 0) is 27.9 Å². The third-order valence-corrected chi connectivity index (χ3v) is 8.51. The number of sulfonamides is 1. The molecule has 0 N–H and O–H groups in total. The van der Waals surface area contributed by atoms with E-state index < -0.39 is 28.3 Å². The van der Waals surface area contributed by atoms with Crippen molar-refractivity contribution in [1.29, 1.82) is 0 Å². The maximum absolute atomic E-state index is 13.8. The number of aryl methyl sites for hydroxylation is 1. The molecule has 3 aromatic carbocycles. The van der Waals surface area contributed by atoms with Crippen molar-refractivity contribution in [2.75, 3.05) is 13.1 Å². The Bertz CT molecular complexity index is 1630. The zero-order chi connectivity index (χ0) is 28.9. The highest BCUT2D eigenvalue weighted by Crippen LogP contribution is 2.20. The van der Waals surface area contributed by atoms with Crippen LogP contribution >= 0.6 is 0 Å². The van der Waals surface area contributed by atoms with Crippen molar-refractivity contribution in [2.24, 2.45) is 5.92 Å². The van der Waals surface area contributed by atoms with Gasteiger partial charge < -0.3 is 9.32 Å². The Kier molecular flexibility index (Phi) is 9.17. The van der Waals surface area contributed by atoms with Crippen molar-refractivity contribution in [2.45, 2.75) is 45.2 Å². The molecule has 1 heterocycles. The van der Waals surface area contributed by atoms with Crippen molar-refractivity contribution in [3.05, 3.63) is 112 Å². The lowest BCUT2D eigenvalue weighted by atomic mass is 10.1. The Morgan fingerprint density at radius 3 is 2.35 bits per heavy atom. The average Bonchev–Trinajstić information content (AvgIpc) is 2.92. The van der Waals surface area contributed by atoms with E-state index in [1.165, 1.54) is 23.3 Å². The first-order valence-corrected chi connectivity index (χ1v) is 14.6. The molecule has 0 saturated heterocycles. The summed E-state index contributed by atoms with van der Waals surface area (Å²) in [5, 5.41) is 0.419. The van der Waals surface area contributed by atoms with Crippen LogP contribution < -0.4 is 5.43 Å². The highest BCUT2D eigenvalue weighted by molar-refractivity contribution is 7.89. The van der Waals surface area contributed by atoms with Gasteiger partial charge in [0.05, 0.1) is 35.2 Å². The lowest BCUT2D eigenvalue weighted by Crippen LogP contribution is -2.43. The van der Waals surface area contributed by atoms with E-state index in [9.17, 15) is 22.4 Å². The lowest BCUT2D eigenvalue weighted by Gasteiger charge is -2.28. The number of halogens is 1. The number of nitrogens with zero attached hydrogens (tertiary/aromatic N) is 2. The van der Waals surface area contributed by atoms with Gasteiger partial charge in [0, 0.05) is 13.1 Å². The SMILES string of the molecule is Cc1ccc2occ(CN(Cc3ccccc3)C(=O)CN(CCC(C)C)S(=O)(=O)c3ccc(F)cc3)c(=O)c2c1. The molecule has 1 amide bonds. The van der Waals surface area contributed by atoms with Gasteiger partial charge in [-0.15, -0.1) is 0 Å². The number of amides is 1. The van der Waals surface area contributed by atoms with Gasteiger partial charge in [-0.25, -0.2) is 12.8 Å². The Labute approximate surface area is 233 Å². The van der Waals surface area contributed by atoms with Crippen LogP contribution in [0.3, 0.4) is 0 Å². The first kappa shape index (κ1) is 29.2. The van der Waals surface area contributed by atoms with E-state index in [0.717, 1.165) is 27.6 Å². The van der Waals surface area contributed by atoms with Gasteiger partial charge in [-0.1, -0.05) is 55.8 Å². The third-order valence-electron chi connectivity index (χ3n) is 6.65. The lowest BCUT2D eigenvalue weighted by molar-refractivity contribution is -0.132. The van der Waals surface area contributed by atoms with E-state index in [1.807, 2.05) is 57.2 Å². The molecule has 0 unspecified atom stereocenters. The maximum Gasteiger partial charge on any atom is 0.243 e. The summed E-state index contributed by atoms with van der Waals surface area (Å²) >= 11 is 0. The molecule has 4 aromatic rings. The molecule has 0 spiro atoms. The molecule has 40 heavy (non-hydrogen) atoms. The van der Waals surface area contributed by atoms with Crippen molar-refractivity contribution >= 4 is 26.9 Å². The fourth-order valence-corrected chi connectivity index (χ4v) is 5.73. The van der Waals surface area contributed by atoms with Crippen LogP contribution in [0.1, 0.15) is 37.0 Å². The van der Waals surface area contributed by atoms with E-state index >= 15 is 0 Å². The topological polar surface area (TPSA) is 87.9 Å². The maximum atomic E-state index is 13.8. The second-order valence-corrected chi connectivity index (χ2v) is 12.2. The summed E-state index contributed by atoms with van der Waals surface area (Å²) in [7, 11) is -4.09. The zero-order valence-corrected chi connectivity index (χ0v) is 23.7. The summed E-state index contributed by atoms with van der Waals surface area (Å²) in [6, 6.07) is 19.2. The number of carbonyl (C=O) groups is 1. The molecule has 7 nitrogen and oxygen atoms in total. The van der Waals surface area contributed by atoms with Gasteiger partial charge in [-0.3, -0.25) is 9.59 Å². The molecule has 0 saturated carbocycles. The van der Waals surface area contributed by atoms with Crippen LogP contribution in [0.4, 0.5) is 4.39 Å². The zero-order valence-electron chi connectivity index (χ0n) is 22.8. The van der Waals surface area contributed by atoms with Crippen LogP contribution in [0.2, 0.25) is 0 Å². The minimum Gasteiger partial charge on any atom is -0.464 e. The number of rotatable bonds is 11. The fourth-order valence-electron chi connectivity index (χ4n) is 4.33. The van der Waals surface area contributed by atoms with Gasteiger partial charge >= 0.3 is 0 Å². The summed E-state index contributed by atoms with van der Waals surface area (Å²) < 4.78 is 47.4. The van der Waals surface area contributed by atoms with Gasteiger partial charge in [-0.05, 0) is 61.2 Å². The molecule has 0 aliphatic heterocycles. The van der Waals surface area contributed by atoms with Crippen LogP contribution in [0.25, 0.3) is 11.0 Å². The molecule has 1 aromatic heterocycles. The predicted molar refractivity (Wildman–Crippen MR) is 153 cm³/mol. The molecule has 0 atom stereocenters. The second-order valence-electron chi connectivity index (χ2n) is 10.3. The summed E-state index contributed by atoms with van der Waals surface area (Å²) in [4.78, 5) is 28.5. The number of carbonyl (C=O) groups excluding carboxylic acids is 1. The fraction of sp³-hybridized carbons (Fsp3) is 0.290. The molecule has 4 rings (SSSR count). The minimum absolute atomic E-state index is 0.0610. The molecule has 0 aliphatic carbocycles. The van der Waals surface area contributed by atoms with E-state index in [2.05, 4.69) is 0 Å². The number of fused-ring (bicyclic) bond motifs is 1. The standard InChI is InChI=1S/C31H33FN2O5S/c1-22(2)15-16-34(40(37,38)27-12-10-26(32)11-13-27)20-30(35)33(18-24-7-5-4-6-8-24)19-25-21-39-29-14-9-23(3)17-28(29)31(25)36/h4-14,17,21-22H,15-16,18-20H2,1-3H3. The molecule has 0 radical (unpaired) electrons. The van der Waals surface area contributed by atoms with Crippen LogP contribution in [0.15, 0.2) is 93.2 Å². The highest BCUT2D eigenvalue weighted by Gasteiger charge is 2.29. The van der Waals surface area contributed by atoms with Gasteiger partial charge in [0.2, 0.25) is 15.9 Å². The average molecular weight is 565 g/mol. The Hall–Kier alpha value is -3.82.